The van der Waals surface area contributed by atoms with Crippen LogP contribution < -0.4 is 5.32 Å². The molecule has 1 unspecified atom stereocenters. The van der Waals surface area contributed by atoms with E-state index in [9.17, 15) is 18.0 Å². The number of methoxy groups -OCH3 is 1. The number of carbonyl (C=O) groups excluding carboxylic acids is 1. The van der Waals surface area contributed by atoms with Crippen LogP contribution in [-0.4, -0.2) is 18.0 Å². The van der Waals surface area contributed by atoms with Gasteiger partial charge < -0.3 is 15.0 Å². The molecule has 4 nitrogen and oxygen atoms in total. The average Bonchev–Trinajstić information content (AvgIpc) is 3.09. The van der Waals surface area contributed by atoms with Crippen molar-refractivity contribution in [3.63, 3.8) is 0 Å². The molecule has 0 spiro atoms. The first kappa shape index (κ1) is 21.4. The van der Waals surface area contributed by atoms with Gasteiger partial charge in [0.05, 0.1) is 17.4 Å². The molecule has 0 radical (unpaired) electrons. The van der Waals surface area contributed by atoms with Crippen LogP contribution in [0.25, 0.3) is 10.9 Å². The molecule has 31 heavy (non-hydrogen) atoms. The van der Waals surface area contributed by atoms with Crippen molar-refractivity contribution in [2.24, 2.45) is 5.92 Å². The molecule has 1 aromatic heterocycles. The number of benzene rings is 2. The monoisotopic (exact) mass is 430 g/mol. The molecule has 1 saturated carbocycles. The van der Waals surface area contributed by atoms with E-state index in [1.165, 1.54) is 12.1 Å². The van der Waals surface area contributed by atoms with E-state index in [-0.39, 0.29) is 17.9 Å². The number of halogens is 3. The van der Waals surface area contributed by atoms with E-state index >= 15 is 0 Å². The van der Waals surface area contributed by atoms with E-state index in [0.717, 1.165) is 53.5 Å². The van der Waals surface area contributed by atoms with Gasteiger partial charge in [0.1, 0.15) is 0 Å². The molecule has 2 aromatic carbocycles. The van der Waals surface area contributed by atoms with Crippen LogP contribution in [0.5, 0.6) is 0 Å². The Bertz CT molecular complexity index is 1050. The van der Waals surface area contributed by atoms with Crippen LogP contribution in [0.2, 0.25) is 0 Å². The summed E-state index contributed by atoms with van der Waals surface area (Å²) < 4.78 is 43.9. The third-order valence-electron chi connectivity index (χ3n) is 6.07. The first-order valence-corrected chi connectivity index (χ1v) is 10.5. The summed E-state index contributed by atoms with van der Waals surface area (Å²) in [7, 11) is 1.56. The van der Waals surface area contributed by atoms with Gasteiger partial charge in [-0.25, -0.2) is 0 Å². The predicted octanol–water partition coefficient (Wildman–Crippen LogP) is 6.25. The van der Waals surface area contributed by atoms with Crippen molar-refractivity contribution in [2.75, 3.05) is 12.4 Å². The van der Waals surface area contributed by atoms with Crippen molar-refractivity contribution in [3.8, 4) is 0 Å². The number of nitrogens with one attached hydrogen (secondary N) is 2. The summed E-state index contributed by atoms with van der Waals surface area (Å²) in [5.74, 6) is 0.179. The molecule has 2 N–H and O–H groups in total. The number of anilines is 1. The zero-order valence-corrected chi connectivity index (χ0v) is 17.3. The minimum atomic E-state index is -4.35. The van der Waals surface area contributed by atoms with Gasteiger partial charge in [0.25, 0.3) is 0 Å². The topological polar surface area (TPSA) is 54.1 Å². The number of fused-ring (bicyclic) bond motifs is 1. The second kappa shape index (κ2) is 8.75. The predicted molar refractivity (Wildman–Crippen MR) is 114 cm³/mol. The molecule has 1 amide bonds. The summed E-state index contributed by atoms with van der Waals surface area (Å²) in [6, 6.07) is 11.1. The van der Waals surface area contributed by atoms with Crippen LogP contribution in [0, 0.1) is 5.92 Å². The Labute approximate surface area is 178 Å². The van der Waals surface area contributed by atoms with Crippen molar-refractivity contribution in [3.05, 3.63) is 65.4 Å². The van der Waals surface area contributed by atoms with Crippen LogP contribution in [-0.2, 0) is 22.1 Å². The molecule has 1 aliphatic rings. The van der Waals surface area contributed by atoms with Crippen molar-refractivity contribution in [1.29, 1.82) is 0 Å². The maximum absolute atomic E-state index is 12.8. The molecule has 1 heterocycles. The molecule has 164 valence electrons. The SMILES string of the molecule is COC(CCc1ccc2[nH]cc(NC(=O)C3CCC3)c2c1)c1ccc(C(F)(F)F)cc1. The Hall–Kier alpha value is -2.80. The minimum Gasteiger partial charge on any atom is -0.377 e. The normalized spacial score (nSPS) is 15.6. The van der Waals surface area contributed by atoms with Crippen LogP contribution in [0.1, 0.15) is 48.5 Å². The van der Waals surface area contributed by atoms with Crippen LogP contribution >= 0.6 is 0 Å². The maximum atomic E-state index is 12.8. The third-order valence-corrected chi connectivity index (χ3v) is 6.07. The number of carbonyl (C=O) groups is 1. The van der Waals surface area contributed by atoms with Gasteiger partial charge >= 0.3 is 6.18 Å². The van der Waals surface area contributed by atoms with Crippen molar-refractivity contribution in [1.82, 2.24) is 4.98 Å². The van der Waals surface area contributed by atoms with E-state index in [1.54, 1.807) is 7.11 Å². The summed E-state index contributed by atoms with van der Waals surface area (Å²) in [4.78, 5) is 15.5. The van der Waals surface area contributed by atoms with Gasteiger partial charge in [0.2, 0.25) is 5.91 Å². The minimum absolute atomic E-state index is 0.0688. The number of alkyl halides is 3. The van der Waals surface area contributed by atoms with E-state index in [0.29, 0.717) is 18.4 Å². The molecule has 0 bridgehead atoms. The Morgan fingerprint density at radius 3 is 2.55 bits per heavy atom. The van der Waals surface area contributed by atoms with Gasteiger partial charge in [-0.1, -0.05) is 24.6 Å². The highest BCUT2D eigenvalue weighted by molar-refractivity contribution is 6.02. The maximum Gasteiger partial charge on any atom is 0.416 e. The largest absolute Gasteiger partial charge is 0.416 e. The lowest BCUT2D eigenvalue weighted by Gasteiger charge is -2.23. The highest BCUT2D eigenvalue weighted by Gasteiger charge is 2.30. The van der Waals surface area contributed by atoms with Gasteiger partial charge in [-0.3, -0.25) is 4.79 Å². The van der Waals surface area contributed by atoms with E-state index < -0.39 is 11.7 Å². The zero-order valence-electron chi connectivity index (χ0n) is 17.3. The van der Waals surface area contributed by atoms with E-state index in [2.05, 4.69) is 10.3 Å². The second-order valence-electron chi connectivity index (χ2n) is 8.08. The van der Waals surface area contributed by atoms with E-state index in [4.69, 9.17) is 4.74 Å². The molecular formula is C24H25F3N2O2. The highest BCUT2D eigenvalue weighted by atomic mass is 19.4. The number of hydrogen-bond acceptors (Lipinski definition) is 2. The number of rotatable bonds is 7. The Morgan fingerprint density at radius 2 is 1.94 bits per heavy atom. The van der Waals surface area contributed by atoms with Gasteiger partial charge in [-0.05, 0) is 61.1 Å². The first-order chi connectivity index (χ1) is 14.8. The second-order valence-corrected chi connectivity index (χ2v) is 8.08. The fourth-order valence-electron chi connectivity index (χ4n) is 3.94. The first-order valence-electron chi connectivity index (χ1n) is 10.5. The molecule has 1 atom stereocenters. The van der Waals surface area contributed by atoms with Crippen molar-refractivity contribution >= 4 is 22.5 Å². The zero-order chi connectivity index (χ0) is 22.0. The molecule has 1 fully saturated rings. The van der Waals surface area contributed by atoms with Crippen LogP contribution in [0.15, 0.2) is 48.7 Å². The molecule has 3 aromatic rings. The van der Waals surface area contributed by atoms with Crippen LogP contribution in [0.4, 0.5) is 18.9 Å². The standard InChI is InChI=1S/C24H25F3N2O2/c1-31-22(16-7-9-18(10-8-16)24(25,26)27)12-6-15-5-11-20-19(13-15)21(14-28-20)29-23(30)17-3-2-4-17/h5,7-11,13-14,17,22,28H,2-4,6,12H2,1H3,(H,29,30). The lowest BCUT2D eigenvalue weighted by atomic mass is 9.85. The summed E-state index contributed by atoms with van der Waals surface area (Å²) in [6.07, 6.45) is 1.48. The summed E-state index contributed by atoms with van der Waals surface area (Å²) in [6.45, 7) is 0. The Kier molecular flexibility index (Phi) is 6.05. The number of ether oxygens (including phenoxy) is 1. The van der Waals surface area contributed by atoms with Gasteiger partial charge in [-0.15, -0.1) is 0 Å². The van der Waals surface area contributed by atoms with Crippen molar-refractivity contribution in [2.45, 2.75) is 44.4 Å². The number of H-pyrrole nitrogens is 1. The number of aromatic amines is 1. The third kappa shape index (κ3) is 4.77. The van der Waals surface area contributed by atoms with Gasteiger partial charge in [-0.2, -0.15) is 13.2 Å². The average molecular weight is 430 g/mol. The quantitative estimate of drug-likeness (QED) is 0.466. The van der Waals surface area contributed by atoms with Gasteiger partial charge in [0, 0.05) is 30.1 Å². The molecular weight excluding hydrogens is 405 g/mol. The number of aromatic nitrogens is 1. The van der Waals surface area contributed by atoms with Crippen molar-refractivity contribution < 1.29 is 22.7 Å². The summed E-state index contributed by atoms with van der Waals surface area (Å²) >= 11 is 0. The van der Waals surface area contributed by atoms with E-state index in [1.807, 2.05) is 24.4 Å². The molecule has 7 heteroatoms. The lowest BCUT2D eigenvalue weighted by molar-refractivity contribution is -0.137. The Balaban J connectivity index is 1.45. The molecule has 4 rings (SSSR count). The number of amides is 1. The van der Waals surface area contributed by atoms with Crippen LogP contribution in [0.3, 0.4) is 0 Å². The van der Waals surface area contributed by atoms with Gasteiger partial charge in [0.15, 0.2) is 0 Å². The highest BCUT2D eigenvalue weighted by Crippen LogP contribution is 2.32. The fourth-order valence-corrected chi connectivity index (χ4v) is 3.94. The molecule has 1 aliphatic carbocycles. The summed E-state index contributed by atoms with van der Waals surface area (Å²) in [5, 5.41) is 3.98. The molecule has 0 aliphatic heterocycles. The Morgan fingerprint density at radius 1 is 1.19 bits per heavy atom. The lowest BCUT2D eigenvalue weighted by Crippen LogP contribution is -2.27. The molecule has 0 saturated heterocycles. The smallest absolute Gasteiger partial charge is 0.377 e. The number of aryl methyl sites for hydroxylation is 1. The summed E-state index contributed by atoms with van der Waals surface area (Å²) in [5.41, 5.74) is 2.84. The number of hydrogen-bond donors (Lipinski definition) is 2. The fraction of sp³-hybridized carbons (Fsp3) is 0.375.